The molecule has 1 N–H and O–H groups in total. The lowest BCUT2D eigenvalue weighted by atomic mass is 10.1. The van der Waals surface area contributed by atoms with Gasteiger partial charge in [0.1, 0.15) is 0 Å². The molecule has 2 rings (SSSR count). The maximum Gasteiger partial charge on any atom is 0.337 e. The molecular weight excluding hydrogens is 242 g/mol. The van der Waals surface area contributed by atoms with Gasteiger partial charge in [-0.05, 0) is 44.9 Å². The molecule has 0 spiro atoms. The van der Waals surface area contributed by atoms with Crippen LogP contribution in [0, 0.1) is 20.8 Å². The van der Waals surface area contributed by atoms with Crippen LogP contribution in [0.1, 0.15) is 39.9 Å². The van der Waals surface area contributed by atoms with Crippen LogP contribution >= 0.6 is 0 Å². The van der Waals surface area contributed by atoms with Crippen molar-refractivity contribution in [2.45, 2.75) is 34.1 Å². The SMILES string of the molecule is CCc1c(C)nn(-c2ccc(C(=O)O)c(C)n2)c1C. The summed E-state index contributed by atoms with van der Waals surface area (Å²) in [4.78, 5) is 15.3. The quantitative estimate of drug-likeness (QED) is 0.919. The van der Waals surface area contributed by atoms with Crippen molar-refractivity contribution in [3.8, 4) is 5.82 Å². The minimum atomic E-state index is -0.959. The topological polar surface area (TPSA) is 68.0 Å². The van der Waals surface area contributed by atoms with Crippen molar-refractivity contribution >= 4 is 5.97 Å². The summed E-state index contributed by atoms with van der Waals surface area (Å²) >= 11 is 0. The van der Waals surface area contributed by atoms with Gasteiger partial charge in [0.25, 0.3) is 0 Å². The van der Waals surface area contributed by atoms with Crippen molar-refractivity contribution in [1.82, 2.24) is 14.8 Å². The van der Waals surface area contributed by atoms with E-state index in [0.717, 1.165) is 17.8 Å². The third-order valence-corrected chi connectivity index (χ3v) is 3.31. The van der Waals surface area contributed by atoms with Crippen LogP contribution in [-0.4, -0.2) is 25.8 Å². The minimum Gasteiger partial charge on any atom is -0.478 e. The Balaban J connectivity index is 2.54. The van der Waals surface area contributed by atoms with Gasteiger partial charge in [0.05, 0.1) is 17.0 Å². The Morgan fingerprint density at radius 1 is 1.26 bits per heavy atom. The third kappa shape index (κ3) is 2.23. The van der Waals surface area contributed by atoms with Crippen molar-refractivity contribution in [3.05, 3.63) is 40.3 Å². The van der Waals surface area contributed by atoms with Crippen LogP contribution in [0.5, 0.6) is 0 Å². The summed E-state index contributed by atoms with van der Waals surface area (Å²) in [5, 5.41) is 13.5. The molecule has 0 aliphatic carbocycles. The number of hydrogen-bond donors (Lipinski definition) is 1. The largest absolute Gasteiger partial charge is 0.478 e. The monoisotopic (exact) mass is 259 g/mol. The fourth-order valence-electron chi connectivity index (χ4n) is 2.30. The molecule has 2 aromatic heterocycles. The van der Waals surface area contributed by atoms with E-state index >= 15 is 0 Å². The molecule has 0 unspecified atom stereocenters. The van der Waals surface area contributed by atoms with E-state index in [-0.39, 0.29) is 5.56 Å². The van der Waals surface area contributed by atoms with E-state index in [9.17, 15) is 4.79 Å². The molecule has 2 aromatic rings. The van der Waals surface area contributed by atoms with Gasteiger partial charge >= 0.3 is 5.97 Å². The molecule has 2 heterocycles. The minimum absolute atomic E-state index is 0.223. The summed E-state index contributed by atoms with van der Waals surface area (Å²) in [5.74, 6) is -0.304. The number of rotatable bonds is 3. The molecular formula is C14H17N3O2. The highest BCUT2D eigenvalue weighted by Crippen LogP contribution is 2.18. The first-order valence-electron chi connectivity index (χ1n) is 6.22. The molecule has 19 heavy (non-hydrogen) atoms. The van der Waals surface area contributed by atoms with Crippen LogP contribution in [0.25, 0.3) is 5.82 Å². The summed E-state index contributed by atoms with van der Waals surface area (Å²) in [7, 11) is 0. The number of carbonyl (C=O) groups is 1. The number of nitrogens with zero attached hydrogens (tertiary/aromatic N) is 3. The summed E-state index contributed by atoms with van der Waals surface area (Å²) < 4.78 is 1.77. The Kier molecular flexibility index (Phi) is 3.38. The van der Waals surface area contributed by atoms with E-state index in [1.165, 1.54) is 5.56 Å². The molecule has 0 saturated heterocycles. The molecule has 100 valence electrons. The van der Waals surface area contributed by atoms with Crippen molar-refractivity contribution < 1.29 is 9.90 Å². The molecule has 0 aromatic carbocycles. The average molecular weight is 259 g/mol. The van der Waals surface area contributed by atoms with E-state index in [2.05, 4.69) is 17.0 Å². The summed E-state index contributed by atoms with van der Waals surface area (Å²) in [6.45, 7) is 7.76. The maximum absolute atomic E-state index is 11.0. The maximum atomic E-state index is 11.0. The highest BCUT2D eigenvalue weighted by molar-refractivity contribution is 5.88. The predicted octanol–water partition coefficient (Wildman–Crippen LogP) is 2.45. The highest BCUT2D eigenvalue weighted by atomic mass is 16.4. The van der Waals surface area contributed by atoms with Crippen molar-refractivity contribution in [1.29, 1.82) is 0 Å². The van der Waals surface area contributed by atoms with Crippen LogP contribution in [0.4, 0.5) is 0 Å². The number of pyridine rings is 1. The zero-order valence-electron chi connectivity index (χ0n) is 11.6. The second kappa shape index (κ2) is 4.84. The van der Waals surface area contributed by atoms with Gasteiger partial charge in [-0.15, -0.1) is 0 Å². The lowest BCUT2D eigenvalue weighted by Gasteiger charge is -2.06. The van der Waals surface area contributed by atoms with Crippen LogP contribution in [0.2, 0.25) is 0 Å². The predicted molar refractivity (Wildman–Crippen MR) is 71.9 cm³/mol. The lowest BCUT2D eigenvalue weighted by Crippen LogP contribution is -2.07. The van der Waals surface area contributed by atoms with Crippen LogP contribution in [0.15, 0.2) is 12.1 Å². The molecule has 0 aliphatic rings. The molecule has 0 atom stereocenters. The van der Waals surface area contributed by atoms with Gasteiger partial charge < -0.3 is 5.11 Å². The molecule has 5 heteroatoms. The van der Waals surface area contributed by atoms with E-state index in [1.807, 2.05) is 13.8 Å². The lowest BCUT2D eigenvalue weighted by molar-refractivity contribution is 0.0695. The second-order valence-electron chi connectivity index (χ2n) is 4.52. The number of aromatic nitrogens is 3. The van der Waals surface area contributed by atoms with E-state index in [4.69, 9.17) is 5.11 Å². The van der Waals surface area contributed by atoms with Gasteiger partial charge in [-0.1, -0.05) is 6.92 Å². The zero-order valence-corrected chi connectivity index (χ0v) is 11.6. The fraction of sp³-hybridized carbons (Fsp3) is 0.357. The summed E-state index contributed by atoms with van der Waals surface area (Å²) in [5.41, 5.74) is 3.97. The number of carboxylic acid groups (broad SMARTS) is 1. The molecule has 0 bridgehead atoms. The number of carboxylic acids is 1. The molecule has 0 aliphatic heterocycles. The molecule has 5 nitrogen and oxygen atoms in total. The van der Waals surface area contributed by atoms with Gasteiger partial charge in [0.2, 0.25) is 0 Å². The first-order chi connectivity index (χ1) is 8.95. The Morgan fingerprint density at radius 3 is 2.42 bits per heavy atom. The normalized spacial score (nSPS) is 10.7. The van der Waals surface area contributed by atoms with Crippen LogP contribution in [0.3, 0.4) is 0 Å². The Morgan fingerprint density at radius 2 is 1.95 bits per heavy atom. The number of aromatic carboxylic acids is 1. The molecule has 0 saturated carbocycles. The second-order valence-corrected chi connectivity index (χ2v) is 4.52. The van der Waals surface area contributed by atoms with E-state index in [0.29, 0.717) is 11.5 Å². The average Bonchev–Trinajstić information content (AvgIpc) is 2.63. The van der Waals surface area contributed by atoms with E-state index < -0.39 is 5.97 Å². The third-order valence-electron chi connectivity index (χ3n) is 3.31. The first-order valence-corrected chi connectivity index (χ1v) is 6.22. The summed E-state index contributed by atoms with van der Waals surface area (Å²) in [6.07, 6.45) is 0.920. The van der Waals surface area contributed by atoms with Gasteiger partial charge in [-0.3, -0.25) is 0 Å². The van der Waals surface area contributed by atoms with E-state index in [1.54, 1.807) is 23.7 Å². The number of aryl methyl sites for hydroxylation is 2. The van der Waals surface area contributed by atoms with Crippen molar-refractivity contribution in [2.24, 2.45) is 0 Å². The Hall–Kier alpha value is -2.17. The first kappa shape index (κ1) is 13.3. The molecule has 0 fully saturated rings. The molecule has 0 radical (unpaired) electrons. The summed E-state index contributed by atoms with van der Waals surface area (Å²) in [6, 6.07) is 3.26. The van der Waals surface area contributed by atoms with Gasteiger partial charge in [0.15, 0.2) is 5.82 Å². The fourth-order valence-corrected chi connectivity index (χ4v) is 2.30. The van der Waals surface area contributed by atoms with Crippen molar-refractivity contribution in [3.63, 3.8) is 0 Å². The Labute approximate surface area is 111 Å². The smallest absolute Gasteiger partial charge is 0.337 e. The van der Waals surface area contributed by atoms with Crippen LogP contribution < -0.4 is 0 Å². The Bertz CT molecular complexity index is 644. The van der Waals surface area contributed by atoms with Gasteiger partial charge in [-0.2, -0.15) is 5.10 Å². The van der Waals surface area contributed by atoms with Crippen molar-refractivity contribution in [2.75, 3.05) is 0 Å². The number of hydrogen-bond acceptors (Lipinski definition) is 3. The molecule has 0 amide bonds. The zero-order chi connectivity index (χ0) is 14.2. The van der Waals surface area contributed by atoms with Crippen LogP contribution in [-0.2, 0) is 6.42 Å². The standard InChI is InChI=1S/C14H17N3O2/c1-5-11-9(3)16-17(10(11)4)13-7-6-12(14(18)19)8(2)15-13/h6-7H,5H2,1-4H3,(H,18,19). The van der Waals surface area contributed by atoms with Gasteiger partial charge in [0, 0.05) is 5.69 Å². The van der Waals surface area contributed by atoms with Gasteiger partial charge in [-0.25, -0.2) is 14.5 Å². The highest BCUT2D eigenvalue weighted by Gasteiger charge is 2.14.